The van der Waals surface area contributed by atoms with Crippen LogP contribution < -0.4 is 4.90 Å². The summed E-state index contributed by atoms with van der Waals surface area (Å²) in [4.78, 5) is 15.0. The Morgan fingerprint density at radius 1 is 1.03 bits per heavy atom. The van der Waals surface area contributed by atoms with Crippen LogP contribution in [0.1, 0.15) is 32.1 Å². The van der Waals surface area contributed by atoms with E-state index < -0.39 is 5.82 Å². The fourth-order valence-corrected chi connectivity index (χ4v) is 4.31. The molecule has 150 valence electrons. The van der Waals surface area contributed by atoms with E-state index in [0.29, 0.717) is 0 Å². The highest BCUT2D eigenvalue weighted by molar-refractivity contribution is 7.99. The first kappa shape index (κ1) is 19.6. The SMILES string of the molecule is O=C(CSc1nnc(-c2ccccc2F)o1)N(c1ccccc1)C1CCCCC1. The highest BCUT2D eigenvalue weighted by atomic mass is 32.2. The monoisotopic (exact) mass is 411 g/mol. The van der Waals surface area contributed by atoms with Crippen LogP contribution >= 0.6 is 11.8 Å². The van der Waals surface area contributed by atoms with E-state index >= 15 is 0 Å². The molecule has 2 aromatic carbocycles. The summed E-state index contributed by atoms with van der Waals surface area (Å²) in [6.45, 7) is 0. The van der Waals surface area contributed by atoms with E-state index in [1.54, 1.807) is 18.2 Å². The Morgan fingerprint density at radius 2 is 1.76 bits per heavy atom. The van der Waals surface area contributed by atoms with E-state index in [2.05, 4.69) is 10.2 Å². The van der Waals surface area contributed by atoms with Gasteiger partial charge in [0, 0.05) is 11.7 Å². The number of nitrogens with zero attached hydrogens (tertiary/aromatic N) is 3. The molecular formula is C22H22FN3O2S. The normalized spacial score (nSPS) is 14.7. The second-order valence-electron chi connectivity index (χ2n) is 7.03. The molecule has 1 aliphatic rings. The Labute approximate surface area is 173 Å². The van der Waals surface area contributed by atoms with Crippen molar-refractivity contribution < 1.29 is 13.6 Å². The molecular weight excluding hydrogens is 389 g/mol. The summed E-state index contributed by atoms with van der Waals surface area (Å²) in [7, 11) is 0. The number of para-hydroxylation sites is 1. The quantitative estimate of drug-likeness (QED) is 0.513. The largest absolute Gasteiger partial charge is 0.411 e. The second-order valence-corrected chi connectivity index (χ2v) is 7.96. The van der Waals surface area contributed by atoms with Crippen molar-refractivity contribution in [2.24, 2.45) is 0 Å². The van der Waals surface area contributed by atoms with Crippen molar-refractivity contribution in [3.63, 3.8) is 0 Å². The van der Waals surface area contributed by atoms with Gasteiger partial charge < -0.3 is 9.32 Å². The van der Waals surface area contributed by atoms with Crippen molar-refractivity contribution >= 4 is 23.4 Å². The molecule has 5 nitrogen and oxygen atoms in total. The highest BCUT2D eigenvalue weighted by Gasteiger charge is 2.27. The number of halogens is 1. The van der Waals surface area contributed by atoms with Crippen molar-refractivity contribution in [2.75, 3.05) is 10.7 Å². The zero-order chi connectivity index (χ0) is 20.1. The predicted molar refractivity (Wildman–Crippen MR) is 111 cm³/mol. The van der Waals surface area contributed by atoms with Crippen molar-refractivity contribution in [3.8, 4) is 11.5 Å². The number of amides is 1. The molecule has 1 amide bonds. The summed E-state index contributed by atoms with van der Waals surface area (Å²) in [6, 6.07) is 16.3. The molecule has 3 aromatic rings. The predicted octanol–water partition coefficient (Wildman–Crippen LogP) is 5.33. The lowest BCUT2D eigenvalue weighted by Crippen LogP contribution is -2.42. The number of rotatable bonds is 6. The fraction of sp³-hybridized carbons (Fsp3) is 0.318. The topological polar surface area (TPSA) is 59.2 Å². The van der Waals surface area contributed by atoms with Crippen molar-refractivity contribution in [1.29, 1.82) is 0 Å². The average Bonchev–Trinajstić information content (AvgIpc) is 3.23. The molecule has 0 aliphatic heterocycles. The van der Waals surface area contributed by atoms with Gasteiger partial charge in [-0.15, -0.1) is 10.2 Å². The van der Waals surface area contributed by atoms with Crippen LogP contribution in [0, 0.1) is 5.82 Å². The van der Waals surface area contributed by atoms with E-state index in [0.717, 1.165) is 31.4 Å². The first-order valence-electron chi connectivity index (χ1n) is 9.80. The summed E-state index contributed by atoms with van der Waals surface area (Å²) < 4.78 is 19.5. The molecule has 0 N–H and O–H groups in total. The van der Waals surface area contributed by atoms with E-state index in [4.69, 9.17) is 4.42 Å². The van der Waals surface area contributed by atoms with Crippen LogP contribution in [0.25, 0.3) is 11.5 Å². The Hall–Kier alpha value is -2.67. The molecule has 0 unspecified atom stereocenters. The van der Waals surface area contributed by atoms with Crippen LogP contribution in [0.15, 0.2) is 64.2 Å². The molecule has 1 aliphatic carbocycles. The number of carbonyl (C=O) groups excluding carboxylic acids is 1. The van der Waals surface area contributed by atoms with Crippen LogP contribution in [0.4, 0.5) is 10.1 Å². The van der Waals surface area contributed by atoms with Gasteiger partial charge in [0.2, 0.25) is 5.91 Å². The first-order valence-corrected chi connectivity index (χ1v) is 10.8. The average molecular weight is 412 g/mol. The molecule has 29 heavy (non-hydrogen) atoms. The number of hydrogen-bond donors (Lipinski definition) is 0. The second kappa shape index (κ2) is 9.22. The van der Waals surface area contributed by atoms with E-state index in [1.807, 2.05) is 35.2 Å². The number of benzene rings is 2. The summed E-state index contributed by atoms with van der Waals surface area (Å²) in [5.74, 6) is -0.107. The van der Waals surface area contributed by atoms with E-state index in [1.165, 1.54) is 24.2 Å². The summed E-state index contributed by atoms with van der Waals surface area (Å²) in [6.07, 6.45) is 5.55. The number of carbonyl (C=O) groups is 1. The van der Waals surface area contributed by atoms with Gasteiger partial charge in [0.1, 0.15) is 5.82 Å². The zero-order valence-corrected chi connectivity index (χ0v) is 16.8. The smallest absolute Gasteiger partial charge is 0.277 e. The minimum absolute atomic E-state index is 0.0127. The van der Waals surface area contributed by atoms with Crippen LogP contribution in [0.3, 0.4) is 0 Å². The lowest BCUT2D eigenvalue weighted by atomic mass is 9.93. The Balaban J connectivity index is 1.46. The summed E-state index contributed by atoms with van der Waals surface area (Å²) in [5, 5.41) is 8.13. The molecule has 1 saturated carbocycles. The van der Waals surface area contributed by atoms with Crippen molar-refractivity contribution in [2.45, 2.75) is 43.4 Å². The van der Waals surface area contributed by atoms with Gasteiger partial charge in [-0.25, -0.2) is 4.39 Å². The first-order chi connectivity index (χ1) is 14.2. The van der Waals surface area contributed by atoms with E-state index in [9.17, 15) is 9.18 Å². The minimum Gasteiger partial charge on any atom is -0.411 e. The molecule has 0 radical (unpaired) electrons. The maximum absolute atomic E-state index is 13.9. The van der Waals surface area contributed by atoms with Crippen LogP contribution in [-0.2, 0) is 4.79 Å². The zero-order valence-electron chi connectivity index (χ0n) is 16.0. The Bertz CT molecular complexity index is 957. The summed E-state index contributed by atoms with van der Waals surface area (Å²) >= 11 is 1.18. The van der Waals surface area contributed by atoms with Crippen LogP contribution in [-0.4, -0.2) is 27.9 Å². The van der Waals surface area contributed by atoms with Crippen LogP contribution in [0.2, 0.25) is 0 Å². The highest BCUT2D eigenvalue weighted by Crippen LogP contribution is 2.30. The number of anilines is 1. The third-order valence-electron chi connectivity index (χ3n) is 5.07. The summed E-state index contributed by atoms with van der Waals surface area (Å²) in [5.41, 5.74) is 1.17. The lowest BCUT2D eigenvalue weighted by molar-refractivity contribution is -0.116. The maximum Gasteiger partial charge on any atom is 0.277 e. The van der Waals surface area contributed by atoms with Gasteiger partial charge in [0.25, 0.3) is 11.1 Å². The molecule has 0 saturated heterocycles. The number of thioether (sulfide) groups is 1. The maximum atomic E-state index is 13.9. The fourth-order valence-electron chi connectivity index (χ4n) is 3.69. The molecule has 1 aromatic heterocycles. The van der Waals surface area contributed by atoms with Gasteiger partial charge in [0.15, 0.2) is 0 Å². The van der Waals surface area contributed by atoms with Gasteiger partial charge in [-0.05, 0) is 37.1 Å². The Kier molecular flexibility index (Phi) is 6.24. The molecule has 0 bridgehead atoms. The number of aromatic nitrogens is 2. The standard InChI is InChI=1S/C22H22FN3O2S/c23-19-14-8-7-13-18(19)21-24-25-22(28-21)29-15-20(27)26(16-9-3-1-4-10-16)17-11-5-2-6-12-17/h1,3-4,7-10,13-14,17H,2,5-6,11-12,15H2. The van der Waals surface area contributed by atoms with Gasteiger partial charge in [-0.1, -0.05) is 61.4 Å². The van der Waals surface area contributed by atoms with E-state index in [-0.39, 0.29) is 34.4 Å². The minimum atomic E-state index is -0.420. The molecule has 4 rings (SSSR count). The Morgan fingerprint density at radius 3 is 2.52 bits per heavy atom. The van der Waals surface area contributed by atoms with Crippen molar-refractivity contribution in [1.82, 2.24) is 10.2 Å². The van der Waals surface area contributed by atoms with Gasteiger partial charge in [-0.3, -0.25) is 4.79 Å². The third kappa shape index (κ3) is 4.67. The van der Waals surface area contributed by atoms with Gasteiger partial charge in [-0.2, -0.15) is 0 Å². The lowest BCUT2D eigenvalue weighted by Gasteiger charge is -2.34. The van der Waals surface area contributed by atoms with Crippen LogP contribution in [0.5, 0.6) is 0 Å². The third-order valence-corrected chi connectivity index (χ3v) is 5.88. The molecule has 0 spiro atoms. The molecule has 7 heteroatoms. The van der Waals surface area contributed by atoms with Gasteiger partial charge >= 0.3 is 0 Å². The molecule has 1 fully saturated rings. The van der Waals surface area contributed by atoms with Gasteiger partial charge in [0.05, 0.1) is 11.3 Å². The van der Waals surface area contributed by atoms with Crippen molar-refractivity contribution in [3.05, 3.63) is 60.4 Å². The molecule has 0 atom stereocenters. The number of hydrogen-bond acceptors (Lipinski definition) is 5. The molecule has 1 heterocycles.